The lowest BCUT2D eigenvalue weighted by molar-refractivity contribution is 0.0919. The van der Waals surface area contributed by atoms with Crippen LogP contribution in [0, 0.1) is 6.92 Å². The van der Waals surface area contributed by atoms with Gasteiger partial charge in [-0.3, -0.25) is 0 Å². The third-order valence-electron chi connectivity index (χ3n) is 2.13. The predicted molar refractivity (Wildman–Crippen MR) is 69.0 cm³/mol. The Morgan fingerprint density at radius 2 is 2.19 bits per heavy atom. The molecule has 0 heterocycles. The normalized spacial score (nSPS) is 12.2. The van der Waals surface area contributed by atoms with E-state index in [1.165, 1.54) is 0 Å². The van der Waals surface area contributed by atoms with Gasteiger partial charge < -0.3 is 15.2 Å². The molecule has 1 aromatic rings. The summed E-state index contributed by atoms with van der Waals surface area (Å²) in [6.07, 6.45) is -0.0279. The highest BCUT2D eigenvalue weighted by Crippen LogP contribution is 2.21. The van der Waals surface area contributed by atoms with Crippen LogP contribution < -0.4 is 10.5 Å². The van der Waals surface area contributed by atoms with Crippen molar-refractivity contribution in [3.63, 3.8) is 0 Å². The molecule has 0 saturated carbocycles. The summed E-state index contributed by atoms with van der Waals surface area (Å²) in [6, 6.07) is 5.77. The average Bonchev–Trinajstić information content (AvgIpc) is 2.17. The molecular formula is C12H17NO2S. The fourth-order valence-corrected chi connectivity index (χ4v) is 1.58. The van der Waals surface area contributed by atoms with Crippen LogP contribution in [0.15, 0.2) is 18.2 Å². The second-order valence-corrected chi connectivity index (χ2v) is 4.19. The summed E-state index contributed by atoms with van der Waals surface area (Å²) in [6.45, 7) is 4.47. The third kappa shape index (κ3) is 3.47. The Morgan fingerprint density at radius 1 is 1.50 bits per heavy atom. The van der Waals surface area contributed by atoms with Crippen molar-refractivity contribution < 1.29 is 9.47 Å². The number of thiocarbonyl (C=S) groups is 1. The highest BCUT2D eigenvalue weighted by molar-refractivity contribution is 7.80. The minimum atomic E-state index is -0.0279. The molecule has 0 aromatic heterocycles. The van der Waals surface area contributed by atoms with Gasteiger partial charge in [-0.05, 0) is 31.5 Å². The molecule has 0 radical (unpaired) electrons. The molecule has 16 heavy (non-hydrogen) atoms. The number of hydrogen-bond acceptors (Lipinski definition) is 3. The van der Waals surface area contributed by atoms with Crippen LogP contribution in [-0.4, -0.2) is 24.8 Å². The van der Waals surface area contributed by atoms with Gasteiger partial charge in [0.25, 0.3) is 0 Å². The van der Waals surface area contributed by atoms with E-state index in [4.69, 9.17) is 27.4 Å². The number of benzene rings is 1. The van der Waals surface area contributed by atoms with E-state index in [2.05, 4.69) is 0 Å². The highest BCUT2D eigenvalue weighted by Gasteiger charge is 2.10. The van der Waals surface area contributed by atoms with Gasteiger partial charge in [0.1, 0.15) is 16.8 Å². The number of nitrogens with two attached hydrogens (primary N) is 1. The minimum absolute atomic E-state index is 0.0279. The molecule has 1 rings (SSSR count). The number of methoxy groups -OCH3 is 1. The third-order valence-corrected chi connectivity index (χ3v) is 2.35. The average molecular weight is 239 g/mol. The molecule has 0 amide bonds. The monoisotopic (exact) mass is 239 g/mol. The van der Waals surface area contributed by atoms with Crippen LogP contribution in [-0.2, 0) is 4.74 Å². The van der Waals surface area contributed by atoms with E-state index in [1.807, 2.05) is 32.0 Å². The molecule has 0 spiro atoms. The molecule has 0 saturated heterocycles. The van der Waals surface area contributed by atoms with Gasteiger partial charge in [-0.15, -0.1) is 0 Å². The van der Waals surface area contributed by atoms with E-state index < -0.39 is 0 Å². The van der Waals surface area contributed by atoms with Gasteiger partial charge in [-0.1, -0.05) is 18.3 Å². The summed E-state index contributed by atoms with van der Waals surface area (Å²) in [5, 5.41) is 0. The fraction of sp³-hybridized carbons (Fsp3) is 0.417. The van der Waals surface area contributed by atoms with Crippen molar-refractivity contribution in [2.45, 2.75) is 20.0 Å². The lowest BCUT2D eigenvalue weighted by Gasteiger charge is -2.16. The Balaban J connectivity index is 2.92. The standard InChI is InChI=1S/C12H17NO2S/c1-8-4-5-10(12(13)16)11(6-8)15-9(2)7-14-3/h4-6,9H,7H2,1-3H3,(H2,13,16). The van der Waals surface area contributed by atoms with Gasteiger partial charge in [-0.25, -0.2) is 0 Å². The van der Waals surface area contributed by atoms with E-state index in [9.17, 15) is 0 Å². The Bertz CT molecular complexity index is 379. The smallest absolute Gasteiger partial charge is 0.130 e. The van der Waals surface area contributed by atoms with Gasteiger partial charge in [0.15, 0.2) is 0 Å². The fourth-order valence-electron chi connectivity index (χ4n) is 1.42. The molecule has 0 aliphatic heterocycles. The first-order valence-corrected chi connectivity index (χ1v) is 5.51. The molecule has 4 heteroatoms. The summed E-state index contributed by atoms with van der Waals surface area (Å²) < 4.78 is 10.8. The SMILES string of the molecule is COCC(C)Oc1cc(C)ccc1C(N)=S. The second kappa shape index (κ2) is 5.82. The predicted octanol–water partition coefficient (Wildman–Crippen LogP) is 2.04. The zero-order chi connectivity index (χ0) is 12.1. The van der Waals surface area contributed by atoms with Gasteiger partial charge >= 0.3 is 0 Å². The van der Waals surface area contributed by atoms with Crippen molar-refractivity contribution in [3.8, 4) is 5.75 Å². The van der Waals surface area contributed by atoms with Crippen molar-refractivity contribution in [2.24, 2.45) is 5.73 Å². The number of aryl methyl sites for hydroxylation is 1. The van der Waals surface area contributed by atoms with Crippen LogP contribution in [0.2, 0.25) is 0 Å². The number of hydrogen-bond donors (Lipinski definition) is 1. The van der Waals surface area contributed by atoms with E-state index in [1.54, 1.807) is 7.11 Å². The van der Waals surface area contributed by atoms with Gasteiger partial charge in [0.2, 0.25) is 0 Å². The topological polar surface area (TPSA) is 44.5 Å². The van der Waals surface area contributed by atoms with E-state index in [0.717, 1.165) is 16.9 Å². The maximum absolute atomic E-state index is 5.74. The first kappa shape index (κ1) is 12.9. The summed E-state index contributed by atoms with van der Waals surface area (Å²) in [4.78, 5) is 0.347. The zero-order valence-corrected chi connectivity index (χ0v) is 10.6. The maximum atomic E-state index is 5.74. The van der Waals surface area contributed by atoms with Crippen molar-refractivity contribution in [3.05, 3.63) is 29.3 Å². The molecule has 88 valence electrons. The zero-order valence-electron chi connectivity index (χ0n) is 9.82. The van der Waals surface area contributed by atoms with Crippen LogP contribution >= 0.6 is 12.2 Å². The van der Waals surface area contributed by atoms with Crippen molar-refractivity contribution in [1.29, 1.82) is 0 Å². The van der Waals surface area contributed by atoms with Crippen LogP contribution in [0.25, 0.3) is 0 Å². The minimum Gasteiger partial charge on any atom is -0.488 e. The lowest BCUT2D eigenvalue weighted by atomic mass is 10.1. The van der Waals surface area contributed by atoms with E-state index in [-0.39, 0.29) is 6.10 Å². The van der Waals surface area contributed by atoms with Crippen LogP contribution in [0.3, 0.4) is 0 Å². The van der Waals surface area contributed by atoms with Crippen molar-refractivity contribution in [1.82, 2.24) is 0 Å². The van der Waals surface area contributed by atoms with Gasteiger partial charge in [0, 0.05) is 7.11 Å². The maximum Gasteiger partial charge on any atom is 0.130 e. The largest absolute Gasteiger partial charge is 0.488 e. The molecule has 3 nitrogen and oxygen atoms in total. The summed E-state index contributed by atoms with van der Waals surface area (Å²) in [5.41, 5.74) is 7.51. The molecule has 0 aliphatic carbocycles. The summed E-state index contributed by atoms with van der Waals surface area (Å²) >= 11 is 4.98. The Kier molecular flexibility index (Phi) is 4.71. The van der Waals surface area contributed by atoms with Crippen LogP contribution in [0.4, 0.5) is 0 Å². The van der Waals surface area contributed by atoms with E-state index >= 15 is 0 Å². The van der Waals surface area contributed by atoms with Crippen LogP contribution in [0.5, 0.6) is 5.75 Å². The van der Waals surface area contributed by atoms with E-state index in [0.29, 0.717) is 11.6 Å². The van der Waals surface area contributed by atoms with Crippen molar-refractivity contribution >= 4 is 17.2 Å². The Labute approximate surface area is 102 Å². The Morgan fingerprint density at radius 3 is 2.75 bits per heavy atom. The van der Waals surface area contributed by atoms with Crippen LogP contribution in [0.1, 0.15) is 18.1 Å². The molecule has 1 unspecified atom stereocenters. The lowest BCUT2D eigenvalue weighted by Crippen LogP contribution is -2.20. The second-order valence-electron chi connectivity index (χ2n) is 3.75. The molecule has 1 aromatic carbocycles. The summed E-state index contributed by atoms with van der Waals surface area (Å²) in [7, 11) is 1.64. The number of rotatable bonds is 5. The van der Waals surface area contributed by atoms with Gasteiger partial charge in [-0.2, -0.15) is 0 Å². The van der Waals surface area contributed by atoms with Crippen molar-refractivity contribution in [2.75, 3.05) is 13.7 Å². The molecule has 0 bridgehead atoms. The number of ether oxygens (including phenoxy) is 2. The Hall–Kier alpha value is -1.13. The quantitative estimate of drug-likeness (QED) is 0.799. The first-order valence-electron chi connectivity index (χ1n) is 5.10. The van der Waals surface area contributed by atoms with Gasteiger partial charge in [0.05, 0.1) is 12.2 Å². The highest BCUT2D eigenvalue weighted by atomic mass is 32.1. The molecule has 1 atom stereocenters. The molecule has 2 N–H and O–H groups in total. The molecule has 0 aliphatic rings. The molecule has 0 fully saturated rings. The molecular weight excluding hydrogens is 222 g/mol. The summed E-state index contributed by atoms with van der Waals surface area (Å²) in [5.74, 6) is 0.719. The first-order chi connectivity index (χ1) is 7.54.